The van der Waals surface area contributed by atoms with Crippen LogP contribution in [0.25, 0.3) is 11.1 Å². The van der Waals surface area contributed by atoms with Crippen LogP contribution in [-0.2, 0) is 16.6 Å². The first-order valence-corrected chi connectivity index (χ1v) is 13.9. The van der Waals surface area contributed by atoms with Crippen LogP contribution in [0.3, 0.4) is 0 Å². The van der Waals surface area contributed by atoms with Gasteiger partial charge in [0.25, 0.3) is 0 Å². The number of aliphatic hydroxyl groups is 1. The van der Waals surface area contributed by atoms with Crippen LogP contribution in [0, 0.1) is 19.3 Å². The molecule has 0 aliphatic carbocycles. The molecule has 1 unspecified atom stereocenters. The van der Waals surface area contributed by atoms with Gasteiger partial charge in [0, 0.05) is 17.9 Å². The van der Waals surface area contributed by atoms with Crippen LogP contribution in [0.1, 0.15) is 99.0 Å². The van der Waals surface area contributed by atoms with Crippen molar-refractivity contribution in [1.29, 1.82) is 0 Å². The third-order valence-corrected chi connectivity index (χ3v) is 8.35. The minimum atomic E-state index is -0.453. The van der Waals surface area contributed by atoms with Crippen molar-refractivity contribution in [3.63, 3.8) is 0 Å². The second-order valence-corrected chi connectivity index (χ2v) is 11.8. The summed E-state index contributed by atoms with van der Waals surface area (Å²) in [5.74, 6) is -0.898. The summed E-state index contributed by atoms with van der Waals surface area (Å²) in [4.78, 5) is 23.4. The summed E-state index contributed by atoms with van der Waals surface area (Å²) in [6.07, 6.45) is 3.30. The summed E-state index contributed by atoms with van der Waals surface area (Å²) >= 11 is 0. The Morgan fingerprint density at radius 2 is 1.37 bits per heavy atom. The summed E-state index contributed by atoms with van der Waals surface area (Å²) in [7, 11) is 0. The van der Waals surface area contributed by atoms with Gasteiger partial charge in [-0.05, 0) is 83.9 Å². The van der Waals surface area contributed by atoms with E-state index in [9.17, 15) is 14.7 Å². The molecule has 0 aliphatic rings. The SMILES string of the molecule is CCC(CC)(c1ccc(CCC(O)C(C)(C)C)c(C)c1)c1ccc(-c2ccc(C(=O)C(C)=O)cc2)c(C)c1. The van der Waals surface area contributed by atoms with Gasteiger partial charge in [-0.1, -0.05) is 95.3 Å². The maximum absolute atomic E-state index is 12.0. The molecule has 0 aromatic heterocycles. The summed E-state index contributed by atoms with van der Waals surface area (Å²) in [5.41, 5.74) is 8.80. The predicted molar refractivity (Wildman–Crippen MR) is 158 cm³/mol. The molecular formula is C35H44O3. The van der Waals surface area contributed by atoms with Crippen molar-refractivity contribution in [3.05, 3.63) is 94.0 Å². The van der Waals surface area contributed by atoms with E-state index in [2.05, 4.69) is 84.9 Å². The molecule has 0 heterocycles. The fourth-order valence-electron chi connectivity index (χ4n) is 5.52. The molecule has 3 aromatic rings. The molecule has 3 nitrogen and oxygen atoms in total. The zero-order chi connectivity index (χ0) is 28.3. The normalized spacial score (nSPS) is 12.9. The van der Waals surface area contributed by atoms with Crippen LogP contribution < -0.4 is 0 Å². The molecule has 38 heavy (non-hydrogen) atoms. The molecular weight excluding hydrogens is 468 g/mol. The Balaban J connectivity index is 1.92. The fraction of sp³-hybridized carbons (Fsp3) is 0.429. The van der Waals surface area contributed by atoms with Gasteiger partial charge >= 0.3 is 0 Å². The van der Waals surface area contributed by atoms with E-state index in [1.165, 1.54) is 34.7 Å². The van der Waals surface area contributed by atoms with E-state index in [1.807, 2.05) is 12.1 Å². The Bertz CT molecular complexity index is 1290. The number of Topliss-reactive ketones (excluding diaryl/α,β-unsaturated/α-hetero) is 2. The number of aliphatic hydroxyl groups excluding tert-OH is 1. The zero-order valence-electron chi connectivity index (χ0n) is 24.4. The van der Waals surface area contributed by atoms with E-state index in [1.54, 1.807) is 12.1 Å². The van der Waals surface area contributed by atoms with E-state index >= 15 is 0 Å². The van der Waals surface area contributed by atoms with Gasteiger partial charge in [-0.2, -0.15) is 0 Å². The highest BCUT2D eigenvalue weighted by Crippen LogP contribution is 2.41. The fourth-order valence-corrected chi connectivity index (χ4v) is 5.52. The maximum atomic E-state index is 12.0. The molecule has 0 aliphatic heterocycles. The molecule has 1 N–H and O–H groups in total. The Kier molecular flexibility index (Phi) is 9.15. The molecule has 3 aromatic carbocycles. The smallest absolute Gasteiger partial charge is 0.228 e. The van der Waals surface area contributed by atoms with Gasteiger partial charge in [0.05, 0.1) is 6.10 Å². The van der Waals surface area contributed by atoms with Gasteiger partial charge in [-0.3, -0.25) is 9.59 Å². The summed E-state index contributed by atoms with van der Waals surface area (Å²) in [6, 6.07) is 20.9. The number of hydrogen-bond donors (Lipinski definition) is 1. The second-order valence-electron chi connectivity index (χ2n) is 11.8. The highest BCUT2D eigenvalue weighted by molar-refractivity contribution is 6.42. The average Bonchev–Trinajstić information content (AvgIpc) is 2.88. The molecule has 0 amide bonds. The van der Waals surface area contributed by atoms with E-state index in [0.29, 0.717) is 5.56 Å². The second kappa shape index (κ2) is 11.8. The van der Waals surface area contributed by atoms with Crippen LogP contribution in [0.2, 0.25) is 0 Å². The molecule has 0 fully saturated rings. The van der Waals surface area contributed by atoms with Gasteiger partial charge in [0.15, 0.2) is 5.78 Å². The first kappa shape index (κ1) is 29.5. The molecule has 0 radical (unpaired) electrons. The van der Waals surface area contributed by atoms with E-state index < -0.39 is 11.6 Å². The van der Waals surface area contributed by atoms with Gasteiger partial charge in [-0.25, -0.2) is 0 Å². The van der Waals surface area contributed by atoms with Crippen LogP contribution in [0.4, 0.5) is 0 Å². The van der Waals surface area contributed by atoms with Crippen LogP contribution >= 0.6 is 0 Å². The summed E-state index contributed by atoms with van der Waals surface area (Å²) in [5, 5.41) is 10.5. The lowest BCUT2D eigenvalue weighted by molar-refractivity contribution is -0.113. The molecule has 0 saturated heterocycles. The van der Waals surface area contributed by atoms with Crippen molar-refractivity contribution in [2.24, 2.45) is 5.41 Å². The first-order valence-electron chi connectivity index (χ1n) is 13.9. The number of benzene rings is 3. The minimum Gasteiger partial charge on any atom is -0.393 e. The first-order chi connectivity index (χ1) is 17.8. The lowest BCUT2D eigenvalue weighted by Crippen LogP contribution is -2.27. The van der Waals surface area contributed by atoms with Crippen LogP contribution in [0.5, 0.6) is 0 Å². The van der Waals surface area contributed by atoms with Crippen molar-refractivity contribution in [2.45, 2.75) is 92.6 Å². The molecule has 0 saturated carbocycles. The zero-order valence-corrected chi connectivity index (χ0v) is 24.4. The molecule has 3 heteroatoms. The number of hydrogen-bond acceptors (Lipinski definition) is 3. The molecule has 202 valence electrons. The topological polar surface area (TPSA) is 54.4 Å². The van der Waals surface area contributed by atoms with Crippen molar-refractivity contribution < 1.29 is 14.7 Å². The molecule has 1 atom stereocenters. The number of aryl methyl sites for hydroxylation is 3. The predicted octanol–water partition coefficient (Wildman–Crippen LogP) is 8.19. The van der Waals surface area contributed by atoms with E-state index in [-0.39, 0.29) is 16.9 Å². The van der Waals surface area contributed by atoms with Crippen LogP contribution in [0.15, 0.2) is 60.7 Å². The Morgan fingerprint density at radius 1 is 0.816 bits per heavy atom. The van der Waals surface area contributed by atoms with Crippen molar-refractivity contribution in [1.82, 2.24) is 0 Å². The van der Waals surface area contributed by atoms with E-state index in [0.717, 1.165) is 36.8 Å². The Labute approximate surface area is 229 Å². The highest BCUT2D eigenvalue weighted by atomic mass is 16.3. The number of ketones is 2. The molecule has 0 spiro atoms. The lowest BCUT2D eigenvalue weighted by Gasteiger charge is -2.34. The van der Waals surface area contributed by atoms with Gasteiger partial charge < -0.3 is 5.11 Å². The van der Waals surface area contributed by atoms with Crippen LogP contribution in [-0.4, -0.2) is 22.8 Å². The maximum Gasteiger partial charge on any atom is 0.228 e. The van der Waals surface area contributed by atoms with Crippen molar-refractivity contribution in [3.8, 4) is 11.1 Å². The number of rotatable bonds is 10. The monoisotopic (exact) mass is 512 g/mol. The number of carbonyl (C=O) groups excluding carboxylic acids is 2. The third-order valence-electron chi connectivity index (χ3n) is 8.35. The largest absolute Gasteiger partial charge is 0.393 e. The van der Waals surface area contributed by atoms with Crippen molar-refractivity contribution >= 4 is 11.6 Å². The van der Waals surface area contributed by atoms with Gasteiger partial charge in [0.2, 0.25) is 5.78 Å². The van der Waals surface area contributed by atoms with Gasteiger partial charge in [-0.15, -0.1) is 0 Å². The Morgan fingerprint density at radius 3 is 1.84 bits per heavy atom. The molecule has 0 bridgehead atoms. The molecule has 3 rings (SSSR count). The highest BCUT2D eigenvalue weighted by Gasteiger charge is 2.31. The lowest BCUT2D eigenvalue weighted by atomic mass is 9.69. The third kappa shape index (κ3) is 6.15. The van der Waals surface area contributed by atoms with Gasteiger partial charge in [0.1, 0.15) is 0 Å². The Hall–Kier alpha value is -3.04. The van der Waals surface area contributed by atoms with Crippen molar-refractivity contribution in [2.75, 3.05) is 0 Å². The average molecular weight is 513 g/mol. The summed E-state index contributed by atoms with van der Waals surface area (Å²) < 4.78 is 0. The minimum absolute atomic E-state index is 0.0880. The standard InChI is InChI=1S/C35H44O3/c1-9-35(10-2,29-17-15-26(23(3)21-29)16-20-32(37)34(6,7)8)30-18-19-31(24(4)22-30)27-11-13-28(14-12-27)33(38)25(5)36/h11-15,17-19,21-22,32,37H,9-10,16,20H2,1-8H3. The number of carbonyl (C=O) groups is 2. The summed E-state index contributed by atoms with van der Waals surface area (Å²) in [6.45, 7) is 16.4. The van der Waals surface area contributed by atoms with E-state index in [4.69, 9.17) is 0 Å². The quantitative estimate of drug-likeness (QED) is 0.220.